The van der Waals surface area contributed by atoms with Crippen molar-refractivity contribution in [3.8, 4) is 0 Å². The highest BCUT2D eigenvalue weighted by Crippen LogP contribution is 2.25. The quantitative estimate of drug-likeness (QED) is 0.616. The number of carbonyl (C=O) groups is 4. The molecule has 1 heterocycles. The number of barbiturate groups is 1. The molecular weight excluding hydrogens is 224 g/mol. The predicted molar refractivity (Wildman–Crippen MR) is 58.9 cm³/mol. The Kier molecular flexibility index (Phi) is 3.09. The molecule has 0 aromatic rings. The number of hydrogen-bond donors (Lipinski definition) is 0. The molecule has 0 aliphatic carbocycles. The number of nitrogens with zero attached hydrogens (tertiary/aromatic N) is 2. The molecule has 4 amide bonds. The number of imide groups is 2. The highest BCUT2D eigenvalue weighted by molar-refractivity contribution is 6.26. The summed E-state index contributed by atoms with van der Waals surface area (Å²) < 4.78 is 0. The highest BCUT2D eigenvalue weighted by atomic mass is 16.2. The van der Waals surface area contributed by atoms with Crippen LogP contribution in [0.2, 0.25) is 0 Å². The third-order valence-electron chi connectivity index (χ3n) is 2.73. The summed E-state index contributed by atoms with van der Waals surface area (Å²) in [7, 11) is 2.52. The van der Waals surface area contributed by atoms with Crippen LogP contribution in [0.5, 0.6) is 0 Å². The molecular formula is C11H16N2O4. The maximum absolute atomic E-state index is 12.0. The second-order valence-electron chi connectivity index (χ2n) is 5.12. The maximum Gasteiger partial charge on any atom is 0.332 e. The molecule has 1 saturated heterocycles. The lowest BCUT2D eigenvalue weighted by Crippen LogP contribution is -2.60. The summed E-state index contributed by atoms with van der Waals surface area (Å²) in [5.74, 6) is -3.38. The van der Waals surface area contributed by atoms with Crippen LogP contribution in [0.1, 0.15) is 20.8 Å². The van der Waals surface area contributed by atoms with Gasteiger partial charge in [0.25, 0.3) is 11.8 Å². The van der Waals surface area contributed by atoms with Gasteiger partial charge in [0.05, 0.1) is 0 Å². The third-order valence-corrected chi connectivity index (χ3v) is 2.73. The first-order chi connectivity index (χ1) is 7.59. The Hall–Kier alpha value is -1.72. The van der Waals surface area contributed by atoms with Crippen LogP contribution >= 0.6 is 0 Å². The second kappa shape index (κ2) is 3.94. The first-order valence-electron chi connectivity index (χ1n) is 5.22. The van der Waals surface area contributed by atoms with Crippen molar-refractivity contribution in [2.75, 3.05) is 14.1 Å². The van der Waals surface area contributed by atoms with E-state index < -0.39 is 35.0 Å². The van der Waals surface area contributed by atoms with Gasteiger partial charge in [-0.15, -0.1) is 0 Å². The summed E-state index contributed by atoms with van der Waals surface area (Å²) in [6, 6.07) is -0.710. The predicted octanol–water partition coefficient (Wildman–Crippen LogP) is 0.268. The third kappa shape index (κ3) is 2.07. The van der Waals surface area contributed by atoms with Crippen molar-refractivity contribution in [1.82, 2.24) is 9.80 Å². The average molecular weight is 240 g/mol. The fourth-order valence-corrected chi connectivity index (χ4v) is 1.56. The Balaban J connectivity index is 3.16. The average Bonchev–Trinajstić information content (AvgIpc) is 2.22. The van der Waals surface area contributed by atoms with Crippen LogP contribution in [0.25, 0.3) is 0 Å². The summed E-state index contributed by atoms with van der Waals surface area (Å²) >= 11 is 0. The molecule has 0 unspecified atom stereocenters. The highest BCUT2D eigenvalue weighted by Gasteiger charge is 2.49. The van der Waals surface area contributed by atoms with E-state index in [4.69, 9.17) is 0 Å². The van der Waals surface area contributed by atoms with Crippen LogP contribution in [0, 0.1) is 11.3 Å². The molecule has 6 nitrogen and oxygen atoms in total. The van der Waals surface area contributed by atoms with Crippen molar-refractivity contribution in [1.29, 1.82) is 0 Å². The van der Waals surface area contributed by atoms with E-state index in [9.17, 15) is 19.2 Å². The summed E-state index contributed by atoms with van der Waals surface area (Å²) in [5.41, 5.74) is -0.807. The van der Waals surface area contributed by atoms with Crippen molar-refractivity contribution < 1.29 is 19.2 Å². The van der Waals surface area contributed by atoms with E-state index in [1.165, 1.54) is 14.1 Å². The molecule has 0 radical (unpaired) electrons. The van der Waals surface area contributed by atoms with Gasteiger partial charge in [-0.3, -0.25) is 24.2 Å². The van der Waals surface area contributed by atoms with Gasteiger partial charge in [-0.2, -0.15) is 0 Å². The van der Waals surface area contributed by atoms with Gasteiger partial charge in [-0.1, -0.05) is 20.8 Å². The van der Waals surface area contributed by atoms with Crippen LogP contribution < -0.4 is 0 Å². The van der Waals surface area contributed by atoms with Gasteiger partial charge < -0.3 is 0 Å². The van der Waals surface area contributed by atoms with Crippen LogP contribution in [0.15, 0.2) is 0 Å². The van der Waals surface area contributed by atoms with Crippen molar-refractivity contribution in [2.45, 2.75) is 20.8 Å². The maximum atomic E-state index is 12.0. The fourth-order valence-electron chi connectivity index (χ4n) is 1.56. The normalized spacial score (nSPS) is 19.0. The molecule has 6 heteroatoms. The molecule has 0 aromatic heterocycles. The molecule has 1 aliphatic rings. The first kappa shape index (κ1) is 13.3. The largest absolute Gasteiger partial charge is 0.332 e. The zero-order valence-corrected chi connectivity index (χ0v) is 10.6. The fraction of sp³-hybridized carbons (Fsp3) is 0.636. The molecule has 0 spiro atoms. The zero-order valence-electron chi connectivity index (χ0n) is 10.6. The van der Waals surface area contributed by atoms with Gasteiger partial charge >= 0.3 is 6.03 Å². The van der Waals surface area contributed by atoms with E-state index in [-0.39, 0.29) is 0 Å². The van der Waals surface area contributed by atoms with E-state index in [1.807, 2.05) is 0 Å². The number of hydrogen-bond acceptors (Lipinski definition) is 4. The van der Waals surface area contributed by atoms with Crippen molar-refractivity contribution in [2.24, 2.45) is 11.3 Å². The van der Waals surface area contributed by atoms with E-state index in [0.29, 0.717) is 0 Å². The smallest absolute Gasteiger partial charge is 0.298 e. The Labute approximate surface area is 99.5 Å². The van der Waals surface area contributed by atoms with Crippen LogP contribution in [0.3, 0.4) is 0 Å². The Morgan fingerprint density at radius 3 is 1.65 bits per heavy atom. The Morgan fingerprint density at radius 1 is 1.00 bits per heavy atom. The Bertz CT molecular complexity index is 384. The van der Waals surface area contributed by atoms with Crippen LogP contribution in [0.4, 0.5) is 4.79 Å². The molecule has 1 rings (SSSR count). The number of ketones is 1. The van der Waals surface area contributed by atoms with Gasteiger partial charge in [0, 0.05) is 19.5 Å². The van der Waals surface area contributed by atoms with Crippen molar-refractivity contribution in [3.05, 3.63) is 0 Å². The molecule has 0 aromatic carbocycles. The number of rotatable bonds is 1. The molecule has 0 bridgehead atoms. The molecule has 94 valence electrons. The van der Waals surface area contributed by atoms with E-state index in [2.05, 4.69) is 0 Å². The molecule has 1 aliphatic heterocycles. The standard InChI is InChI=1S/C11H16N2O4/c1-11(2,3)7(14)6-8(15)12(4)10(17)13(5)9(6)16/h6H,1-5H3. The molecule has 1 fully saturated rings. The minimum atomic E-state index is -1.40. The molecule has 0 saturated carbocycles. The first-order valence-corrected chi connectivity index (χ1v) is 5.22. The van der Waals surface area contributed by atoms with Crippen LogP contribution in [-0.4, -0.2) is 47.5 Å². The monoisotopic (exact) mass is 240 g/mol. The minimum Gasteiger partial charge on any atom is -0.298 e. The minimum absolute atomic E-state index is 0.473. The van der Waals surface area contributed by atoms with Gasteiger partial charge in [-0.25, -0.2) is 4.79 Å². The van der Waals surface area contributed by atoms with Crippen LogP contribution in [-0.2, 0) is 14.4 Å². The molecule has 17 heavy (non-hydrogen) atoms. The summed E-state index contributed by atoms with van der Waals surface area (Å²) in [6.45, 7) is 4.89. The van der Waals surface area contributed by atoms with Gasteiger partial charge in [0.1, 0.15) is 0 Å². The number of amides is 4. The number of Topliss-reactive ketones (excluding diaryl/α,β-unsaturated/α-hetero) is 1. The summed E-state index contributed by atoms with van der Waals surface area (Å²) in [4.78, 5) is 48.7. The number of urea groups is 1. The van der Waals surface area contributed by atoms with Crippen molar-refractivity contribution >= 4 is 23.6 Å². The van der Waals surface area contributed by atoms with E-state index in [1.54, 1.807) is 20.8 Å². The lowest BCUT2D eigenvalue weighted by molar-refractivity contribution is -0.154. The summed E-state index contributed by atoms with van der Waals surface area (Å²) in [5, 5.41) is 0. The van der Waals surface area contributed by atoms with Gasteiger partial charge in [0.15, 0.2) is 11.7 Å². The molecule has 0 N–H and O–H groups in total. The topological polar surface area (TPSA) is 74.8 Å². The van der Waals surface area contributed by atoms with Crippen molar-refractivity contribution in [3.63, 3.8) is 0 Å². The summed E-state index contributed by atoms with van der Waals surface area (Å²) in [6.07, 6.45) is 0. The van der Waals surface area contributed by atoms with E-state index in [0.717, 1.165) is 9.80 Å². The lowest BCUT2D eigenvalue weighted by atomic mass is 9.81. The molecule has 0 atom stereocenters. The lowest BCUT2D eigenvalue weighted by Gasteiger charge is -2.34. The zero-order chi connectivity index (χ0) is 13.5. The van der Waals surface area contributed by atoms with E-state index >= 15 is 0 Å². The Morgan fingerprint density at radius 2 is 1.35 bits per heavy atom. The SMILES string of the molecule is CN1C(=O)C(C(=O)C(C)(C)C)C(=O)N(C)C1=O. The van der Waals surface area contributed by atoms with Gasteiger partial charge in [-0.05, 0) is 0 Å². The number of carbonyl (C=O) groups excluding carboxylic acids is 4. The van der Waals surface area contributed by atoms with Gasteiger partial charge in [0.2, 0.25) is 0 Å². The second-order valence-corrected chi connectivity index (χ2v) is 5.12.